The van der Waals surface area contributed by atoms with Crippen molar-refractivity contribution in [2.75, 3.05) is 20.2 Å². The number of amides is 4. The fourth-order valence-corrected chi connectivity index (χ4v) is 4.35. The second kappa shape index (κ2) is 11.1. The fourth-order valence-electron chi connectivity index (χ4n) is 4.35. The molecule has 8 heteroatoms. The summed E-state index contributed by atoms with van der Waals surface area (Å²) in [6, 6.07) is 6.61. The van der Waals surface area contributed by atoms with Crippen molar-refractivity contribution in [1.82, 2.24) is 15.1 Å². The zero-order valence-corrected chi connectivity index (χ0v) is 19.6. The van der Waals surface area contributed by atoms with Crippen LogP contribution in [-0.2, 0) is 25.7 Å². The Labute approximate surface area is 194 Å². The van der Waals surface area contributed by atoms with Gasteiger partial charge in [-0.05, 0) is 43.9 Å². The number of allylic oxidation sites excluding steroid dienone is 2. The topological polar surface area (TPSA) is 96.0 Å². The number of benzene rings is 1. The number of nitrogens with zero attached hydrogens (tertiary/aromatic N) is 2. The van der Waals surface area contributed by atoms with Gasteiger partial charge in [0.05, 0.1) is 18.9 Å². The van der Waals surface area contributed by atoms with Crippen molar-refractivity contribution in [2.24, 2.45) is 11.8 Å². The van der Waals surface area contributed by atoms with E-state index < -0.39 is 6.04 Å². The number of likely N-dealkylation sites (tertiary alicyclic amines) is 1. The highest BCUT2D eigenvalue weighted by molar-refractivity contribution is 6.05. The van der Waals surface area contributed by atoms with Gasteiger partial charge in [-0.3, -0.25) is 24.1 Å². The van der Waals surface area contributed by atoms with Crippen LogP contribution in [0.3, 0.4) is 0 Å². The van der Waals surface area contributed by atoms with E-state index in [0.717, 1.165) is 12.0 Å². The minimum Gasteiger partial charge on any atom is -0.497 e. The molecule has 0 spiro atoms. The number of nitrogens with one attached hydrogen (secondary N) is 1. The van der Waals surface area contributed by atoms with Gasteiger partial charge in [-0.2, -0.15) is 0 Å². The summed E-state index contributed by atoms with van der Waals surface area (Å²) in [5.41, 5.74) is 0.852. The van der Waals surface area contributed by atoms with Crippen LogP contribution in [0.4, 0.5) is 0 Å². The molecule has 1 aliphatic carbocycles. The van der Waals surface area contributed by atoms with Crippen LogP contribution in [-0.4, -0.2) is 59.7 Å². The number of fused-ring (bicyclic) bond motifs is 1. The minimum atomic E-state index is -0.692. The van der Waals surface area contributed by atoms with E-state index in [1.165, 1.54) is 9.80 Å². The second-order valence-corrected chi connectivity index (χ2v) is 8.57. The first-order chi connectivity index (χ1) is 15.9. The fraction of sp³-hybridized carbons (Fsp3) is 0.520. The summed E-state index contributed by atoms with van der Waals surface area (Å²) in [6.45, 7) is 4.45. The van der Waals surface area contributed by atoms with Crippen molar-refractivity contribution in [3.8, 4) is 5.75 Å². The highest BCUT2D eigenvalue weighted by atomic mass is 16.5. The van der Waals surface area contributed by atoms with E-state index in [4.69, 9.17) is 4.74 Å². The standard InChI is InChI=1S/C25H33N3O5/c1-4-14-26-23(30)17(2)28(16-18-9-11-19(33-3)12-10-18)22(29)13-15-27-24(31)20-7-5-6-8-21(20)25(27)32/h5-6,9-12,17,20-21H,4,7-8,13-16H2,1-3H3,(H,26,30)/t17-,20-,21+/m0/s1. The zero-order chi connectivity index (χ0) is 24.0. The number of hydrogen-bond acceptors (Lipinski definition) is 5. The van der Waals surface area contributed by atoms with Gasteiger partial charge in [0.15, 0.2) is 0 Å². The first-order valence-electron chi connectivity index (χ1n) is 11.6. The number of rotatable bonds is 10. The lowest BCUT2D eigenvalue weighted by Gasteiger charge is -2.29. The van der Waals surface area contributed by atoms with E-state index >= 15 is 0 Å². The molecule has 33 heavy (non-hydrogen) atoms. The summed E-state index contributed by atoms with van der Waals surface area (Å²) >= 11 is 0. The summed E-state index contributed by atoms with van der Waals surface area (Å²) in [5, 5.41) is 2.84. The number of methoxy groups -OCH3 is 1. The van der Waals surface area contributed by atoms with Gasteiger partial charge in [0.25, 0.3) is 0 Å². The molecule has 0 aromatic heterocycles. The molecule has 2 aliphatic rings. The average Bonchev–Trinajstić information content (AvgIpc) is 3.08. The molecule has 1 N–H and O–H groups in total. The van der Waals surface area contributed by atoms with Gasteiger partial charge in [0.2, 0.25) is 23.6 Å². The molecule has 1 saturated heterocycles. The number of carbonyl (C=O) groups is 4. The normalized spacial score (nSPS) is 20.4. The van der Waals surface area contributed by atoms with Gasteiger partial charge in [-0.25, -0.2) is 0 Å². The Morgan fingerprint density at radius 1 is 1.12 bits per heavy atom. The van der Waals surface area contributed by atoms with E-state index in [9.17, 15) is 19.2 Å². The summed E-state index contributed by atoms with van der Waals surface area (Å²) in [5.74, 6) is -0.830. The SMILES string of the molecule is CCCNC(=O)[C@H](C)N(Cc1ccc(OC)cc1)C(=O)CCN1C(=O)[C@H]2CC=CC[C@H]2C1=O. The van der Waals surface area contributed by atoms with E-state index in [1.807, 2.05) is 31.2 Å². The Kier molecular flexibility index (Phi) is 8.25. The van der Waals surface area contributed by atoms with Gasteiger partial charge >= 0.3 is 0 Å². The van der Waals surface area contributed by atoms with Crippen LogP contribution in [0.25, 0.3) is 0 Å². The molecule has 0 bridgehead atoms. The van der Waals surface area contributed by atoms with Gasteiger partial charge in [0, 0.05) is 26.1 Å². The van der Waals surface area contributed by atoms with E-state index in [1.54, 1.807) is 26.2 Å². The van der Waals surface area contributed by atoms with Crippen LogP contribution in [0.2, 0.25) is 0 Å². The van der Waals surface area contributed by atoms with E-state index in [-0.39, 0.29) is 55.0 Å². The zero-order valence-electron chi connectivity index (χ0n) is 19.6. The predicted octanol–water partition coefficient (Wildman–Crippen LogP) is 2.28. The van der Waals surface area contributed by atoms with Gasteiger partial charge in [-0.15, -0.1) is 0 Å². The Bertz CT molecular complexity index is 885. The summed E-state index contributed by atoms with van der Waals surface area (Å²) in [4.78, 5) is 54.0. The number of imide groups is 1. The molecule has 3 atom stereocenters. The third-order valence-electron chi connectivity index (χ3n) is 6.38. The molecule has 0 radical (unpaired) electrons. The predicted molar refractivity (Wildman–Crippen MR) is 123 cm³/mol. The third-order valence-corrected chi connectivity index (χ3v) is 6.38. The third kappa shape index (κ3) is 5.61. The molecule has 1 fully saturated rings. The molecule has 3 rings (SSSR count). The quantitative estimate of drug-likeness (QED) is 0.431. The maximum atomic E-state index is 13.2. The van der Waals surface area contributed by atoms with Crippen molar-refractivity contribution in [3.05, 3.63) is 42.0 Å². The molecule has 0 saturated carbocycles. The van der Waals surface area contributed by atoms with Crippen molar-refractivity contribution < 1.29 is 23.9 Å². The van der Waals surface area contributed by atoms with Crippen LogP contribution in [0, 0.1) is 11.8 Å². The summed E-state index contributed by atoms with van der Waals surface area (Å²) < 4.78 is 5.19. The van der Waals surface area contributed by atoms with Crippen molar-refractivity contribution in [1.29, 1.82) is 0 Å². The Balaban J connectivity index is 1.70. The molecule has 178 valence electrons. The van der Waals surface area contributed by atoms with Gasteiger partial charge < -0.3 is 15.0 Å². The number of hydrogen-bond donors (Lipinski definition) is 1. The Hall–Kier alpha value is -3.16. The Morgan fingerprint density at radius 2 is 1.73 bits per heavy atom. The Morgan fingerprint density at radius 3 is 2.27 bits per heavy atom. The molecule has 1 aromatic carbocycles. The smallest absolute Gasteiger partial charge is 0.242 e. The largest absolute Gasteiger partial charge is 0.497 e. The van der Waals surface area contributed by atoms with Crippen molar-refractivity contribution >= 4 is 23.6 Å². The van der Waals surface area contributed by atoms with Crippen LogP contribution in [0.1, 0.15) is 45.1 Å². The molecule has 1 heterocycles. The van der Waals surface area contributed by atoms with Crippen LogP contribution >= 0.6 is 0 Å². The van der Waals surface area contributed by atoms with Crippen molar-refractivity contribution in [2.45, 2.75) is 52.1 Å². The highest BCUT2D eigenvalue weighted by Crippen LogP contribution is 2.35. The van der Waals surface area contributed by atoms with Crippen molar-refractivity contribution in [3.63, 3.8) is 0 Å². The molecule has 8 nitrogen and oxygen atoms in total. The van der Waals surface area contributed by atoms with E-state index in [0.29, 0.717) is 25.1 Å². The summed E-state index contributed by atoms with van der Waals surface area (Å²) in [7, 11) is 1.58. The molecule has 1 aliphatic heterocycles. The average molecular weight is 456 g/mol. The highest BCUT2D eigenvalue weighted by Gasteiger charge is 2.47. The van der Waals surface area contributed by atoms with Crippen LogP contribution < -0.4 is 10.1 Å². The number of ether oxygens (including phenoxy) is 1. The lowest BCUT2D eigenvalue weighted by atomic mass is 9.85. The minimum absolute atomic E-state index is 0.0219. The van der Waals surface area contributed by atoms with E-state index in [2.05, 4.69) is 5.32 Å². The van der Waals surface area contributed by atoms with Crippen LogP contribution in [0.5, 0.6) is 5.75 Å². The second-order valence-electron chi connectivity index (χ2n) is 8.57. The lowest BCUT2D eigenvalue weighted by Crippen LogP contribution is -2.48. The first kappa shape index (κ1) is 24.5. The summed E-state index contributed by atoms with van der Waals surface area (Å²) in [6.07, 6.45) is 5.78. The molecule has 1 aromatic rings. The van der Waals surface area contributed by atoms with Gasteiger partial charge in [0.1, 0.15) is 11.8 Å². The monoisotopic (exact) mass is 455 g/mol. The maximum absolute atomic E-state index is 13.2. The number of carbonyl (C=O) groups excluding carboxylic acids is 4. The molecular formula is C25H33N3O5. The van der Waals surface area contributed by atoms with Gasteiger partial charge in [-0.1, -0.05) is 31.2 Å². The van der Waals surface area contributed by atoms with Crippen LogP contribution in [0.15, 0.2) is 36.4 Å². The maximum Gasteiger partial charge on any atom is 0.242 e. The molecule has 0 unspecified atom stereocenters. The molecule has 4 amide bonds. The lowest BCUT2D eigenvalue weighted by molar-refractivity contribution is -0.143. The first-order valence-corrected chi connectivity index (χ1v) is 11.6. The molecular weight excluding hydrogens is 422 g/mol.